The molecule has 27 heavy (non-hydrogen) atoms. The van der Waals surface area contributed by atoms with Gasteiger partial charge in [-0.05, 0) is 12.1 Å². The zero-order valence-electron chi connectivity index (χ0n) is 13.9. The van der Waals surface area contributed by atoms with E-state index in [0.29, 0.717) is 12.1 Å². The molecule has 0 saturated carbocycles. The number of esters is 1. The van der Waals surface area contributed by atoms with Crippen LogP contribution < -0.4 is 5.32 Å². The average Bonchev–Trinajstić information content (AvgIpc) is 2.90. The molecular weight excluding hydrogens is 374 g/mol. The summed E-state index contributed by atoms with van der Waals surface area (Å²) in [6.45, 7) is -0.970. The summed E-state index contributed by atoms with van der Waals surface area (Å²) < 4.78 is 58.2. The number of aliphatic hydroxyl groups is 1. The number of aliphatic hydroxyl groups excluding tert-OH is 1. The molecule has 0 bridgehead atoms. The predicted octanol–water partition coefficient (Wildman–Crippen LogP) is 1.39. The summed E-state index contributed by atoms with van der Waals surface area (Å²) in [6.07, 6.45) is -4.96. The highest BCUT2D eigenvalue weighted by molar-refractivity contribution is 6.08. The number of anilines is 1. The van der Waals surface area contributed by atoms with Crippen molar-refractivity contribution in [2.45, 2.75) is 6.18 Å². The molecule has 144 valence electrons. The van der Waals surface area contributed by atoms with E-state index in [0.717, 1.165) is 12.0 Å². The molecule has 0 spiro atoms. The van der Waals surface area contributed by atoms with Crippen LogP contribution in [-0.2, 0) is 20.5 Å². The number of benzene rings is 1. The number of β-amino-alcohol motifs (C(OH)–C–C–N with tert-alkyl or cyclic N) is 1. The van der Waals surface area contributed by atoms with E-state index in [1.807, 2.05) is 0 Å². The first-order valence-electron chi connectivity index (χ1n) is 7.44. The zero-order valence-corrected chi connectivity index (χ0v) is 13.9. The maximum atomic E-state index is 13.8. The second kappa shape index (κ2) is 7.63. The van der Waals surface area contributed by atoms with Crippen LogP contribution in [0.25, 0.3) is 0 Å². The Morgan fingerprint density at radius 2 is 2.11 bits per heavy atom. The molecule has 0 radical (unpaired) electrons. The van der Waals surface area contributed by atoms with Crippen LogP contribution in [0.1, 0.15) is 11.1 Å². The maximum absolute atomic E-state index is 13.8. The van der Waals surface area contributed by atoms with Gasteiger partial charge in [-0.15, -0.1) is 0 Å². The number of nitrogens with one attached hydrogen (secondary N) is 1. The fourth-order valence-electron chi connectivity index (χ4n) is 2.53. The largest absolute Gasteiger partial charge is 0.466 e. The predicted molar refractivity (Wildman–Crippen MR) is 82.4 cm³/mol. The Morgan fingerprint density at radius 1 is 1.44 bits per heavy atom. The second-order valence-corrected chi connectivity index (χ2v) is 5.37. The molecular formula is C16H13F4N3O4. The van der Waals surface area contributed by atoms with Crippen molar-refractivity contribution in [1.82, 2.24) is 4.90 Å². The number of hydrogen-bond donors (Lipinski definition) is 2. The van der Waals surface area contributed by atoms with Crippen molar-refractivity contribution in [3.05, 3.63) is 40.3 Å². The lowest BCUT2D eigenvalue weighted by Crippen LogP contribution is -2.31. The molecule has 7 nitrogen and oxygen atoms in total. The van der Waals surface area contributed by atoms with Crippen molar-refractivity contribution in [3.63, 3.8) is 0 Å². The molecule has 1 aromatic rings. The van der Waals surface area contributed by atoms with Crippen LogP contribution in [0.4, 0.5) is 23.2 Å². The molecule has 0 atom stereocenters. The lowest BCUT2D eigenvalue weighted by Gasteiger charge is -2.18. The lowest BCUT2D eigenvalue weighted by molar-refractivity contribution is -0.137. The minimum atomic E-state index is -4.96. The maximum Gasteiger partial charge on any atom is 0.418 e. The minimum absolute atomic E-state index is 0.190. The second-order valence-electron chi connectivity index (χ2n) is 5.37. The van der Waals surface area contributed by atoms with Gasteiger partial charge in [-0.3, -0.25) is 4.79 Å². The van der Waals surface area contributed by atoms with Gasteiger partial charge in [-0.1, -0.05) is 0 Å². The molecule has 0 saturated heterocycles. The number of nitrogens with zero attached hydrogens (tertiary/aromatic N) is 2. The molecule has 0 aliphatic carbocycles. The van der Waals surface area contributed by atoms with Gasteiger partial charge in [-0.2, -0.15) is 18.4 Å². The summed E-state index contributed by atoms with van der Waals surface area (Å²) in [5.74, 6) is -3.12. The van der Waals surface area contributed by atoms with Gasteiger partial charge in [0.05, 0.1) is 37.1 Å². The Morgan fingerprint density at radius 3 is 2.63 bits per heavy atom. The summed E-state index contributed by atoms with van der Waals surface area (Å²) in [5, 5.41) is 20.1. The molecule has 2 rings (SSSR count). The van der Waals surface area contributed by atoms with E-state index in [4.69, 9.17) is 10.4 Å². The number of methoxy groups -OCH3 is 1. The number of carbonyl (C=O) groups is 2. The van der Waals surface area contributed by atoms with Crippen molar-refractivity contribution in [2.24, 2.45) is 0 Å². The first kappa shape index (κ1) is 20.2. The number of amides is 1. The van der Waals surface area contributed by atoms with E-state index in [1.54, 1.807) is 0 Å². The van der Waals surface area contributed by atoms with E-state index in [2.05, 4.69) is 10.1 Å². The number of hydrogen-bond acceptors (Lipinski definition) is 6. The van der Waals surface area contributed by atoms with Crippen LogP contribution in [0, 0.1) is 17.1 Å². The molecule has 1 aliphatic rings. The van der Waals surface area contributed by atoms with Crippen LogP contribution in [0.2, 0.25) is 0 Å². The highest BCUT2D eigenvalue weighted by atomic mass is 19.4. The normalized spacial score (nSPS) is 14.4. The van der Waals surface area contributed by atoms with Gasteiger partial charge in [0.2, 0.25) is 0 Å². The van der Waals surface area contributed by atoms with Crippen LogP contribution in [0.15, 0.2) is 23.4 Å². The van der Waals surface area contributed by atoms with Crippen LogP contribution in [0.3, 0.4) is 0 Å². The Hall–Kier alpha value is -3.13. The quantitative estimate of drug-likeness (QED) is 0.585. The molecule has 0 aromatic heterocycles. The van der Waals surface area contributed by atoms with Gasteiger partial charge in [0.1, 0.15) is 23.1 Å². The number of ether oxygens (including phenoxy) is 1. The van der Waals surface area contributed by atoms with E-state index in [1.165, 1.54) is 6.07 Å². The third-order valence-electron chi connectivity index (χ3n) is 3.78. The minimum Gasteiger partial charge on any atom is -0.466 e. The molecule has 1 heterocycles. The molecule has 1 aromatic carbocycles. The van der Waals surface area contributed by atoms with Gasteiger partial charge in [0, 0.05) is 6.54 Å². The SMILES string of the molecule is COC(=O)C1=C(Nc2c(C(F)(F)F)ccc(F)c2C#N)C(=O)N(CCO)C1. The Labute approximate surface area is 150 Å². The molecule has 1 aliphatic heterocycles. The topological polar surface area (TPSA) is 103 Å². The number of rotatable bonds is 5. The third-order valence-corrected chi connectivity index (χ3v) is 3.78. The number of carbonyl (C=O) groups excluding carboxylic acids is 2. The van der Waals surface area contributed by atoms with Crippen LogP contribution >= 0.6 is 0 Å². The summed E-state index contributed by atoms with van der Waals surface area (Å²) in [7, 11) is 1.01. The first-order chi connectivity index (χ1) is 12.6. The monoisotopic (exact) mass is 387 g/mol. The highest BCUT2D eigenvalue weighted by Crippen LogP contribution is 2.39. The van der Waals surface area contributed by atoms with Crippen LogP contribution in [0.5, 0.6) is 0 Å². The van der Waals surface area contributed by atoms with E-state index in [9.17, 15) is 27.2 Å². The standard InChI is InChI=1S/C16H13F4N3O4/c1-27-15(26)9-7-23(4-5-24)14(25)13(9)22-12-8(6-21)11(17)3-2-10(12)16(18,19)20/h2-3,22,24H,4-5,7H2,1H3. The van der Waals surface area contributed by atoms with Gasteiger partial charge >= 0.3 is 12.1 Å². The van der Waals surface area contributed by atoms with Gasteiger partial charge < -0.3 is 20.1 Å². The fourth-order valence-corrected chi connectivity index (χ4v) is 2.53. The van der Waals surface area contributed by atoms with Crippen molar-refractivity contribution < 1.29 is 37.0 Å². The number of halogens is 4. The lowest BCUT2D eigenvalue weighted by atomic mass is 10.1. The zero-order chi connectivity index (χ0) is 20.4. The van der Waals surface area contributed by atoms with Gasteiger partial charge in [0.15, 0.2) is 0 Å². The Balaban J connectivity index is 2.62. The summed E-state index contributed by atoms with van der Waals surface area (Å²) in [4.78, 5) is 25.3. The Bertz CT molecular complexity index is 858. The van der Waals surface area contributed by atoms with E-state index in [-0.39, 0.29) is 18.7 Å². The highest BCUT2D eigenvalue weighted by Gasteiger charge is 2.39. The van der Waals surface area contributed by atoms with Crippen LogP contribution in [-0.4, -0.2) is 48.7 Å². The molecule has 1 amide bonds. The number of alkyl halides is 3. The first-order valence-corrected chi connectivity index (χ1v) is 7.44. The third kappa shape index (κ3) is 3.85. The number of nitriles is 1. The van der Waals surface area contributed by atoms with Crippen molar-refractivity contribution in [3.8, 4) is 6.07 Å². The summed E-state index contributed by atoms with van der Waals surface area (Å²) >= 11 is 0. The smallest absolute Gasteiger partial charge is 0.418 e. The molecule has 0 fully saturated rings. The van der Waals surface area contributed by atoms with Crippen molar-refractivity contribution in [2.75, 3.05) is 32.1 Å². The average molecular weight is 387 g/mol. The molecule has 11 heteroatoms. The Kier molecular flexibility index (Phi) is 5.70. The summed E-state index contributed by atoms with van der Waals surface area (Å²) in [5.41, 5.74) is -4.22. The summed E-state index contributed by atoms with van der Waals surface area (Å²) in [6, 6.07) is 2.22. The van der Waals surface area contributed by atoms with Crippen molar-refractivity contribution >= 4 is 17.6 Å². The van der Waals surface area contributed by atoms with Gasteiger partial charge in [0.25, 0.3) is 5.91 Å². The molecule has 2 N–H and O–H groups in total. The fraction of sp³-hybridized carbons (Fsp3) is 0.312. The van der Waals surface area contributed by atoms with E-state index < -0.39 is 53.0 Å². The van der Waals surface area contributed by atoms with E-state index >= 15 is 0 Å². The van der Waals surface area contributed by atoms with Gasteiger partial charge in [-0.25, -0.2) is 9.18 Å². The molecule has 0 unspecified atom stereocenters. The van der Waals surface area contributed by atoms with Crippen molar-refractivity contribution in [1.29, 1.82) is 5.26 Å².